The maximum Gasteiger partial charge on any atom is 0.306 e. The average Bonchev–Trinajstić information content (AvgIpc) is 3.18. The minimum absolute atomic E-state index is 0.00296. The van der Waals surface area contributed by atoms with Crippen molar-refractivity contribution in [1.29, 1.82) is 0 Å². The summed E-state index contributed by atoms with van der Waals surface area (Å²) in [6, 6.07) is -0.731. The van der Waals surface area contributed by atoms with Crippen LogP contribution in [-0.2, 0) is 14.3 Å². The number of esters is 1. The van der Waals surface area contributed by atoms with Gasteiger partial charge in [0.1, 0.15) is 6.10 Å². The molecule has 6 nitrogen and oxygen atoms in total. The monoisotopic (exact) mass is 770 g/mol. The molecule has 0 bridgehead atoms. The highest BCUT2D eigenvalue weighted by Crippen LogP contribution is 2.15. The molecular formula is C49H87NO5. The predicted molar refractivity (Wildman–Crippen MR) is 236 cm³/mol. The van der Waals surface area contributed by atoms with Gasteiger partial charge in [-0.15, -0.1) is 0 Å². The van der Waals surface area contributed by atoms with Gasteiger partial charge in [-0.2, -0.15) is 0 Å². The van der Waals surface area contributed by atoms with E-state index in [1.807, 2.05) is 12.2 Å². The van der Waals surface area contributed by atoms with Gasteiger partial charge >= 0.3 is 5.97 Å². The summed E-state index contributed by atoms with van der Waals surface area (Å²) in [5, 5.41) is 23.6. The molecule has 0 radical (unpaired) electrons. The Hall–Kier alpha value is -2.44. The Morgan fingerprint density at radius 1 is 0.545 bits per heavy atom. The van der Waals surface area contributed by atoms with E-state index in [-0.39, 0.29) is 24.9 Å². The van der Waals surface area contributed by atoms with Gasteiger partial charge in [-0.25, -0.2) is 0 Å². The molecule has 3 atom stereocenters. The maximum atomic E-state index is 13.1. The lowest BCUT2D eigenvalue weighted by molar-refractivity contribution is -0.150. The fourth-order valence-electron chi connectivity index (χ4n) is 6.51. The molecule has 1 amide bonds. The van der Waals surface area contributed by atoms with E-state index in [0.29, 0.717) is 19.3 Å². The number of allylic oxidation sites excluding steroid dienone is 9. The standard InChI is InChI=1S/C49H87NO5/c1-4-7-10-13-16-19-22-23-24-25-27-28-31-34-37-40-45(55-49(54)42-39-36-33-30-26-20-17-14-11-8-5-2)43-48(53)50-46(44-51)47(52)41-38-35-32-29-21-18-15-12-9-6-3/h14,16-17,19,23-24,27-28,34,37,45-47,51-52H,4-13,15,18,20-22,25-26,29-33,35-36,38-44H2,1-3H3,(H,50,53)/b17-14-,19-16-,24-23-,28-27-,37-34-. The summed E-state index contributed by atoms with van der Waals surface area (Å²) >= 11 is 0. The second kappa shape index (κ2) is 42.7. The molecule has 55 heavy (non-hydrogen) atoms. The molecule has 0 aromatic heterocycles. The molecule has 0 heterocycles. The van der Waals surface area contributed by atoms with E-state index in [0.717, 1.165) is 64.2 Å². The molecule has 3 N–H and O–H groups in total. The molecule has 0 aromatic rings. The summed E-state index contributed by atoms with van der Waals surface area (Å²) < 4.78 is 5.83. The van der Waals surface area contributed by atoms with Crippen molar-refractivity contribution in [3.05, 3.63) is 60.8 Å². The summed E-state index contributed by atoms with van der Waals surface area (Å²) in [6.07, 6.45) is 51.5. The van der Waals surface area contributed by atoms with Crippen LogP contribution in [-0.4, -0.2) is 46.9 Å². The number of hydrogen-bond donors (Lipinski definition) is 3. The highest BCUT2D eigenvalue weighted by molar-refractivity contribution is 5.77. The van der Waals surface area contributed by atoms with Crippen molar-refractivity contribution in [3.8, 4) is 0 Å². The molecule has 0 rings (SSSR count). The van der Waals surface area contributed by atoms with E-state index >= 15 is 0 Å². The van der Waals surface area contributed by atoms with Gasteiger partial charge in [0.05, 0.1) is 25.2 Å². The van der Waals surface area contributed by atoms with Gasteiger partial charge in [-0.3, -0.25) is 9.59 Å². The largest absolute Gasteiger partial charge is 0.461 e. The predicted octanol–water partition coefficient (Wildman–Crippen LogP) is 13.3. The lowest BCUT2D eigenvalue weighted by Crippen LogP contribution is -2.46. The van der Waals surface area contributed by atoms with E-state index in [1.165, 1.54) is 103 Å². The van der Waals surface area contributed by atoms with Gasteiger partial charge in [-0.05, 0) is 64.2 Å². The fourth-order valence-corrected chi connectivity index (χ4v) is 6.51. The van der Waals surface area contributed by atoms with Crippen molar-refractivity contribution in [3.63, 3.8) is 0 Å². The van der Waals surface area contributed by atoms with Crippen molar-refractivity contribution < 1.29 is 24.5 Å². The minimum Gasteiger partial charge on any atom is -0.461 e. The van der Waals surface area contributed by atoms with E-state index in [1.54, 1.807) is 0 Å². The number of amides is 1. The first-order valence-corrected chi connectivity index (χ1v) is 23.0. The van der Waals surface area contributed by atoms with Crippen LogP contribution in [0.3, 0.4) is 0 Å². The smallest absolute Gasteiger partial charge is 0.306 e. The third kappa shape index (κ3) is 38.2. The Kier molecular flexibility index (Phi) is 40.8. The van der Waals surface area contributed by atoms with Crippen LogP contribution in [0.2, 0.25) is 0 Å². The molecule has 318 valence electrons. The molecule has 6 heteroatoms. The van der Waals surface area contributed by atoms with Crippen LogP contribution in [0.1, 0.15) is 213 Å². The van der Waals surface area contributed by atoms with Crippen LogP contribution in [0, 0.1) is 0 Å². The number of ether oxygens (including phenoxy) is 1. The normalized spacial score (nSPS) is 13.9. The highest BCUT2D eigenvalue weighted by Gasteiger charge is 2.23. The zero-order valence-corrected chi connectivity index (χ0v) is 36.0. The summed E-state index contributed by atoms with van der Waals surface area (Å²) in [5.74, 6) is -0.592. The molecule has 0 aliphatic carbocycles. The molecule has 3 unspecified atom stereocenters. The van der Waals surface area contributed by atoms with Gasteiger partial charge in [0, 0.05) is 12.8 Å². The number of aliphatic hydroxyl groups is 2. The van der Waals surface area contributed by atoms with Crippen LogP contribution in [0.4, 0.5) is 0 Å². The zero-order valence-electron chi connectivity index (χ0n) is 36.0. The molecule has 0 aliphatic rings. The number of rotatable bonds is 40. The zero-order chi connectivity index (χ0) is 40.3. The van der Waals surface area contributed by atoms with Gasteiger partial charge in [-0.1, -0.05) is 191 Å². The van der Waals surface area contributed by atoms with E-state index in [4.69, 9.17) is 4.74 Å². The fraction of sp³-hybridized carbons (Fsp3) is 0.755. The second-order valence-corrected chi connectivity index (χ2v) is 15.5. The first-order valence-electron chi connectivity index (χ1n) is 23.0. The van der Waals surface area contributed by atoms with E-state index in [9.17, 15) is 19.8 Å². The highest BCUT2D eigenvalue weighted by atomic mass is 16.5. The molecule has 0 spiro atoms. The number of hydrogen-bond acceptors (Lipinski definition) is 5. The Morgan fingerprint density at radius 2 is 0.982 bits per heavy atom. The second-order valence-electron chi connectivity index (χ2n) is 15.5. The maximum absolute atomic E-state index is 13.1. The Bertz CT molecular complexity index is 999. The topological polar surface area (TPSA) is 95.9 Å². The van der Waals surface area contributed by atoms with Gasteiger partial charge in [0.15, 0.2) is 0 Å². The molecule has 0 aromatic carbocycles. The lowest BCUT2D eigenvalue weighted by Gasteiger charge is -2.24. The summed E-state index contributed by atoms with van der Waals surface area (Å²) in [6.45, 7) is 6.35. The van der Waals surface area contributed by atoms with Crippen molar-refractivity contribution in [2.75, 3.05) is 6.61 Å². The lowest BCUT2D eigenvalue weighted by atomic mass is 10.0. The number of carbonyl (C=O) groups is 2. The first kappa shape index (κ1) is 52.6. The molecule has 0 aliphatic heterocycles. The van der Waals surface area contributed by atoms with Crippen LogP contribution < -0.4 is 5.32 Å². The number of nitrogens with one attached hydrogen (secondary N) is 1. The molecule has 0 saturated heterocycles. The number of unbranched alkanes of at least 4 members (excludes halogenated alkanes) is 19. The molecule has 0 fully saturated rings. The van der Waals surface area contributed by atoms with Crippen molar-refractivity contribution in [1.82, 2.24) is 5.32 Å². The van der Waals surface area contributed by atoms with Crippen LogP contribution in [0.5, 0.6) is 0 Å². The average molecular weight is 770 g/mol. The Balaban J connectivity index is 4.78. The minimum atomic E-state index is -0.811. The van der Waals surface area contributed by atoms with Gasteiger partial charge in [0.2, 0.25) is 5.91 Å². The molecular weight excluding hydrogens is 683 g/mol. The Labute approximate surface area is 339 Å². The van der Waals surface area contributed by atoms with Gasteiger partial charge < -0.3 is 20.3 Å². The number of carbonyl (C=O) groups excluding carboxylic acids is 2. The SMILES string of the molecule is CCCC/C=C\CCCCCCCC(=O)OC(C/C=C\C/C=C\C/C=C\C/C=C\CCCCC)CC(=O)NC(CO)C(O)CCCCCCCCCCCC. The third-order valence-corrected chi connectivity index (χ3v) is 10.1. The van der Waals surface area contributed by atoms with Gasteiger partial charge in [0.25, 0.3) is 0 Å². The summed E-state index contributed by atoms with van der Waals surface area (Å²) in [4.78, 5) is 25.9. The third-order valence-electron chi connectivity index (χ3n) is 10.1. The van der Waals surface area contributed by atoms with Crippen LogP contribution >= 0.6 is 0 Å². The van der Waals surface area contributed by atoms with Crippen molar-refractivity contribution >= 4 is 11.9 Å². The van der Waals surface area contributed by atoms with E-state index < -0.39 is 18.2 Å². The molecule has 0 saturated carbocycles. The summed E-state index contributed by atoms with van der Waals surface area (Å²) in [5.41, 5.74) is 0. The Morgan fingerprint density at radius 3 is 1.56 bits per heavy atom. The van der Waals surface area contributed by atoms with Crippen molar-refractivity contribution in [2.45, 2.75) is 232 Å². The first-order chi connectivity index (χ1) is 27.0. The van der Waals surface area contributed by atoms with Crippen molar-refractivity contribution in [2.24, 2.45) is 0 Å². The van der Waals surface area contributed by atoms with Crippen LogP contribution in [0.25, 0.3) is 0 Å². The quantitative estimate of drug-likeness (QED) is 0.0328. The number of aliphatic hydroxyl groups excluding tert-OH is 2. The van der Waals surface area contributed by atoms with Crippen LogP contribution in [0.15, 0.2) is 60.8 Å². The van der Waals surface area contributed by atoms with E-state index in [2.05, 4.69) is 74.7 Å². The summed E-state index contributed by atoms with van der Waals surface area (Å²) in [7, 11) is 0.